The molecule has 0 radical (unpaired) electrons. The van der Waals surface area contributed by atoms with E-state index in [1.54, 1.807) is 47.6 Å². The lowest BCUT2D eigenvalue weighted by Crippen LogP contribution is -2.34. The van der Waals surface area contributed by atoms with Gasteiger partial charge in [-0.15, -0.1) is 0 Å². The Hall–Kier alpha value is -2.43. The molecule has 0 aliphatic carbocycles. The monoisotopic (exact) mass is 389 g/mol. The minimum absolute atomic E-state index is 0.120. The molecule has 0 N–H and O–H groups in total. The average Bonchev–Trinajstić information content (AvgIpc) is 3.13. The third-order valence-corrected chi connectivity index (χ3v) is 4.28. The zero-order chi connectivity index (χ0) is 18.4. The highest BCUT2D eigenvalue weighted by Gasteiger charge is 2.17. The van der Waals surface area contributed by atoms with Crippen LogP contribution in [0.2, 0.25) is 10.0 Å². The Kier molecular flexibility index (Phi) is 6.21. The number of hydrogen-bond acceptors (Lipinski definition) is 3. The number of amides is 1. The molecule has 0 saturated carbocycles. The third kappa shape index (κ3) is 5.04. The van der Waals surface area contributed by atoms with Gasteiger partial charge in [-0.1, -0.05) is 47.5 Å². The highest BCUT2D eigenvalue weighted by molar-refractivity contribution is 6.32. The molecule has 0 spiro atoms. The van der Waals surface area contributed by atoms with E-state index in [1.165, 1.54) is 0 Å². The van der Waals surface area contributed by atoms with Gasteiger partial charge in [0.05, 0.1) is 17.8 Å². The van der Waals surface area contributed by atoms with E-state index in [0.29, 0.717) is 34.6 Å². The first kappa shape index (κ1) is 18.4. The van der Waals surface area contributed by atoms with E-state index in [4.69, 9.17) is 32.4 Å². The molecule has 0 aliphatic rings. The molecule has 0 unspecified atom stereocenters. The number of furan rings is 1. The molecule has 26 heavy (non-hydrogen) atoms. The molecule has 0 fully saturated rings. The predicted molar refractivity (Wildman–Crippen MR) is 101 cm³/mol. The maximum atomic E-state index is 12.7. The molecule has 0 bridgehead atoms. The predicted octanol–water partition coefficient (Wildman–Crippen LogP) is 5.19. The van der Waals surface area contributed by atoms with Crippen molar-refractivity contribution in [3.05, 3.63) is 88.3 Å². The van der Waals surface area contributed by atoms with Gasteiger partial charge in [0.2, 0.25) is 0 Å². The second-order valence-electron chi connectivity index (χ2n) is 5.68. The number of benzene rings is 2. The summed E-state index contributed by atoms with van der Waals surface area (Å²) in [5.41, 5.74) is 0.926. The fourth-order valence-electron chi connectivity index (χ4n) is 2.47. The zero-order valence-electron chi connectivity index (χ0n) is 13.9. The van der Waals surface area contributed by atoms with Crippen molar-refractivity contribution in [2.45, 2.75) is 13.1 Å². The van der Waals surface area contributed by atoms with E-state index >= 15 is 0 Å². The molecule has 0 saturated heterocycles. The third-order valence-electron chi connectivity index (χ3n) is 3.73. The first-order valence-corrected chi connectivity index (χ1v) is 8.79. The number of carbonyl (C=O) groups is 1. The van der Waals surface area contributed by atoms with Crippen LogP contribution in [0.1, 0.15) is 11.3 Å². The number of ether oxygens (including phenoxy) is 1. The Labute approximate surface area is 161 Å². The van der Waals surface area contributed by atoms with Crippen LogP contribution in [-0.4, -0.2) is 17.4 Å². The lowest BCUT2D eigenvalue weighted by molar-refractivity contribution is -0.134. The Morgan fingerprint density at radius 1 is 1.00 bits per heavy atom. The van der Waals surface area contributed by atoms with E-state index in [0.717, 1.165) is 5.56 Å². The molecule has 3 aromatic rings. The number of hydrogen-bond donors (Lipinski definition) is 0. The van der Waals surface area contributed by atoms with E-state index in [1.807, 2.05) is 24.3 Å². The highest BCUT2D eigenvalue weighted by Crippen LogP contribution is 2.23. The van der Waals surface area contributed by atoms with Crippen LogP contribution in [0.25, 0.3) is 0 Å². The minimum Gasteiger partial charge on any atom is -0.482 e. The average molecular weight is 390 g/mol. The van der Waals surface area contributed by atoms with Crippen LogP contribution in [0.3, 0.4) is 0 Å². The number of carbonyl (C=O) groups excluding carboxylic acids is 1. The van der Waals surface area contributed by atoms with Gasteiger partial charge in [-0.25, -0.2) is 0 Å². The second kappa shape index (κ2) is 8.79. The van der Waals surface area contributed by atoms with Crippen LogP contribution < -0.4 is 4.74 Å². The summed E-state index contributed by atoms with van der Waals surface area (Å²) in [6.07, 6.45) is 1.58. The number of halogens is 2. The van der Waals surface area contributed by atoms with Gasteiger partial charge in [-0.2, -0.15) is 0 Å². The van der Waals surface area contributed by atoms with Crippen LogP contribution in [0.15, 0.2) is 71.3 Å². The zero-order valence-corrected chi connectivity index (χ0v) is 15.4. The molecule has 2 aromatic carbocycles. The molecule has 1 heterocycles. The minimum atomic E-state index is -0.179. The Balaban J connectivity index is 1.71. The Bertz CT molecular complexity index is 865. The van der Waals surface area contributed by atoms with E-state index in [-0.39, 0.29) is 12.5 Å². The van der Waals surface area contributed by atoms with Crippen molar-refractivity contribution in [1.82, 2.24) is 4.90 Å². The van der Waals surface area contributed by atoms with Crippen molar-refractivity contribution in [3.63, 3.8) is 0 Å². The molecule has 6 heteroatoms. The van der Waals surface area contributed by atoms with Crippen LogP contribution in [0, 0.1) is 0 Å². The highest BCUT2D eigenvalue weighted by atomic mass is 35.5. The first-order valence-electron chi connectivity index (χ1n) is 8.04. The molecular weight excluding hydrogens is 373 g/mol. The molecule has 1 amide bonds. The normalized spacial score (nSPS) is 10.5. The quantitative estimate of drug-likeness (QED) is 0.557. The number of rotatable bonds is 7. The molecule has 0 atom stereocenters. The topological polar surface area (TPSA) is 42.7 Å². The molecule has 4 nitrogen and oxygen atoms in total. The Morgan fingerprint density at radius 2 is 1.85 bits per heavy atom. The summed E-state index contributed by atoms with van der Waals surface area (Å²) in [7, 11) is 0. The SMILES string of the molecule is O=C(COc1ccccc1Cl)N(Cc1cccc(Cl)c1)Cc1ccco1. The lowest BCUT2D eigenvalue weighted by Gasteiger charge is -2.22. The molecule has 1 aromatic heterocycles. The van der Waals surface area contributed by atoms with Crippen molar-refractivity contribution in [2.75, 3.05) is 6.61 Å². The van der Waals surface area contributed by atoms with Crippen molar-refractivity contribution in [3.8, 4) is 5.75 Å². The molecule has 3 rings (SSSR count). The number of nitrogens with zero attached hydrogens (tertiary/aromatic N) is 1. The van der Waals surface area contributed by atoms with Crippen molar-refractivity contribution in [2.24, 2.45) is 0 Å². The van der Waals surface area contributed by atoms with Crippen molar-refractivity contribution < 1.29 is 13.9 Å². The van der Waals surface area contributed by atoms with E-state index in [2.05, 4.69) is 0 Å². The fourth-order valence-corrected chi connectivity index (χ4v) is 2.87. The summed E-state index contributed by atoms with van der Waals surface area (Å²) < 4.78 is 11.0. The van der Waals surface area contributed by atoms with Gasteiger partial charge in [0.1, 0.15) is 11.5 Å². The van der Waals surface area contributed by atoms with Gasteiger partial charge >= 0.3 is 0 Å². The summed E-state index contributed by atoms with van der Waals surface area (Å²) in [5, 5.41) is 1.09. The summed E-state index contributed by atoms with van der Waals surface area (Å²) in [5.74, 6) is 0.989. The lowest BCUT2D eigenvalue weighted by atomic mass is 10.2. The van der Waals surface area contributed by atoms with Crippen LogP contribution in [0.5, 0.6) is 5.75 Å². The number of para-hydroxylation sites is 1. The summed E-state index contributed by atoms with van der Waals surface area (Å²) >= 11 is 12.1. The van der Waals surface area contributed by atoms with Gasteiger partial charge in [-0.05, 0) is 42.0 Å². The van der Waals surface area contributed by atoms with Crippen LogP contribution >= 0.6 is 23.2 Å². The van der Waals surface area contributed by atoms with Gasteiger partial charge in [0.25, 0.3) is 5.91 Å². The van der Waals surface area contributed by atoms with Crippen LogP contribution in [0.4, 0.5) is 0 Å². The smallest absolute Gasteiger partial charge is 0.261 e. The second-order valence-corrected chi connectivity index (χ2v) is 6.52. The van der Waals surface area contributed by atoms with Crippen molar-refractivity contribution >= 4 is 29.1 Å². The Morgan fingerprint density at radius 3 is 2.58 bits per heavy atom. The fraction of sp³-hybridized carbons (Fsp3) is 0.150. The van der Waals surface area contributed by atoms with Gasteiger partial charge in [0, 0.05) is 11.6 Å². The molecule has 134 valence electrons. The summed E-state index contributed by atoms with van der Waals surface area (Å²) in [4.78, 5) is 14.4. The summed E-state index contributed by atoms with van der Waals surface area (Å²) in [6.45, 7) is 0.612. The molecular formula is C20H17Cl2NO3. The van der Waals surface area contributed by atoms with Crippen molar-refractivity contribution in [1.29, 1.82) is 0 Å². The van der Waals surface area contributed by atoms with E-state index in [9.17, 15) is 4.79 Å². The van der Waals surface area contributed by atoms with Gasteiger partial charge in [-0.3, -0.25) is 4.79 Å². The summed E-state index contributed by atoms with van der Waals surface area (Å²) in [6, 6.07) is 18.1. The van der Waals surface area contributed by atoms with E-state index < -0.39 is 0 Å². The maximum absolute atomic E-state index is 12.7. The largest absolute Gasteiger partial charge is 0.482 e. The first-order chi connectivity index (χ1) is 12.6. The van der Waals surface area contributed by atoms with Gasteiger partial charge in [0.15, 0.2) is 6.61 Å². The van der Waals surface area contributed by atoms with Gasteiger partial charge < -0.3 is 14.1 Å². The maximum Gasteiger partial charge on any atom is 0.261 e. The van der Waals surface area contributed by atoms with Crippen LogP contribution in [-0.2, 0) is 17.9 Å². The standard InChI is InChI=1S/C20H17Cl2NO3/c21-16-6-3-5-15(11-16)12-23(13-17-7-4-10-25-17)20(24)14-26-19-9-2-1-8-18(19)22/h1-11H,12-14H2. The molecule has 0 aliphatic heterocycles.